The first-order valence-corrected chi connectivity index (χ1v) is 8.39. The second-order valence-electron chi connectivity index (χ2n) is 5.38. The summed E-state index contributed by atoms with van der Waals surface area (Å²) >= 11 is 3.41. The van der Waals surface area contributed by atoms with Crippen LogP contribution in [0.5, 0.6) is 0 Å². The van der Waals surface area contributed by atoms with Crippen LogP contribution < -0.4 is 10.6 Å². The predicted molar refractivity (Wildman–Crippen MR) is 93.8 cm³/mol. The maximum absolute atomic E-state index is 12.2. The van der Waals surface area contributed by atoms with E-state index in [1.54, 1.807) is 12.3 Å². The van der Waals surface area contributed by atoms with Crippen molar-refractivity contribution in [3.05, 3.63) is 52.6 Å². The zero-order valence-electron chi connectivity index (χ0n) is 12.6. The number of benzene rings is 1. The number of hydrogen-bond donors (Lipinski definition) is 2. The zero-order valence-corrected chi connectivity index (χ0v) is 14.2. The van der Waals surface area contributed by atoms with Gasteiger partial charge < -0.3 is 15.4 Å². The Morgan fingerprint density at radius 2 is 2.17 bits per heavy atom. The van der Waals surface area contributed by atoms with Crippen molar-refractivity contribution in [3.8, 4) is 0 Å². The summed E-state index contributed by atoms with van der Waals surface area (Å²) in [7, 11) is 0. The summed E-state index contributed by atoms with van der Waals surface area (Å²) in [4.78, 5) is 16.5. The highest BCUT2D eigenvalue weighted by Gasteiger charge is 2.15. The summed E-state index contributed by atoms with van der Waals surface area (Å²) in [6, 6.07) is 11.1. The molecular formula is C17H18BrN3O2. The smallest absolute Gasteiger partial charge is 0.257 e. The summed E-state index contributed by atoms with van der Waals surface area (Å²) in [6.45, 7) is 1.59. The Bertz CT molecular complexity index is 670. The Labute approximate surface area is 143 Å². The molecule has 6 heteroatoms. The van der Waals surface area contributed by atoms with Crippen LogP contribution in [0.1, 0.15) is 23.2 Å². The molecule has 2 aromatic rings. The van der Waals surface area contributed by atoms with Gasteiger partial charge >= 0.3 is 0 Å². The van der Waals surface area contributed by atoms with Gasteiger partial charge in [-0.25, -0.2) is 4.98 Å². The van der Waals surface area contributed by atoms with Crippen LogP contribution in [0.25, 0.3) is 0 Å². The van der Waals surface area contributed by atoms with E-state index >= 15 is 0 Å². The fourth-order valence-corrected chi connectivity index (χ4v) is 2.80. The van der Waals surface area contributed by atoms with Gasteiger partial charge in [-0.05, 0) is 53.0 Å². The van der Waals surface area contributed by atoms with Gasteiger partial charge in [0, 0.05) is 23.8 Å². The van der Waals surface area contributed by atoms with Crippen LogP contribution in [-0.4, -0.2) is 30.1 Å². The van der Waals surface area contributed by atoms with E-state index < -0.39 is 0 Å². The lowest BCUT2D eigenvalue weighted by molar-refractivity contribution is 0.102. The highest BCUT2D eigenvalue weighted by Crippen LogP contribution is 2.22. The van der Waals surface area contributed by atoms with E-state index in [4.69, 9.17) is 4.74 Å². The Morgan fingerprint density at radius 3 is 2.87 bits per heavy atom. The molecule has 1 aliphatic rings. The largest absolute Gasteiger partial charge is 0.376 e. The molecule has 1 amide bonds. The van der Waals surface area contributed by atoms with E-state index in [0.29, 0.717) is 5.56 Å². The Hall–Kier alpha value is -1.92. The van der Waals surface area contributed by atoms with Crippen LogP contribution in [-0.2, 0) is 4.74 Å². The van der Waals surface area contributed by atoms with E-state index in [1.165, 1.54) is 0 Å². The molecule has 1 unspecified atom stereocenters. The van der Waals surface area contributed by atoms with Gasteiger partial charge in [0.1, 0.15) is 5.82 Å². The lowest BCUT2D eigenvalue weighted by Gasteiger charge is -2.11. The molecule has 3 rings (SSSR count). The number of anilines is 2. The normalized spacial score (nSPS) is 17.0. The summed E-state index contributed by atoms with van der Waals surface area (Å²) in [5.41, 5.74) is 1.25. The molecule has 23 heavy (non-hydrogen) atoms. The number of pyridine rings is 1. The predicted octanol–water partition coefficient (Wildman–Crippen LogP) is 3.69. The van der Waals surface area contributed by atoms with Crippen LogP contribution in [0.2, 0.25) is 0 Å². The van der Waals surface area contributed by atoms with E-state index in [0.717, 1.165) is 42.0 Å². The quantitative estimate of drug-likeness (QED) is 0.836. The molecule has 1 aromatic heterocycles. The summed E-state index contributed by atoms with van der Waals surface area (Å²) in [5, 5.41) is 6.09. The molecule has 120 valence electrons. The number of halogens is 1. The van der Waals surface area contributed by atoms with Gasteiger partial charge in [-0.3, -0.25) is 4.79 Å². The summed E-state index contributed by atoms with van der Waals surface area (Å²) < 4.78 is 6.40. The van der Waals surface area contributed by atoms with Crippen LogP contribution in [0.4, 0.5) is 11.5 Å². The van der Waals surface area contributed by atoms with Crippen molar-refractivity contribution < 1.29 is 9.53 Å². The maximum Gasteiger partial charge on any atom is 0.257 e. The first kappa shape index (κ1) is 16.0. The number of aromatic nitrogens is 1. The molecule has 5 nitrogen and oxygen atoms in total. The van der Waals surface area contributed by atoms with Gasteiger partial charge in [0.25, 0.3) is 5.91 Å². The topological polar surface area (TPSA) is 63.2 Å². The summed E-state index contributed by atoms with van der Waals surface area (Å²) in [5.74, 6) is 0.563. The number of amides is 1. The van der Waals surface area contributed by atoms with E-state index in [1.807, 2.05) is 30.3 Å². The second-order valence-corrected chi connectivity index (χ2v) is 6.24. The van der Waals surface area contributed by atoms with Crippen LogP contribution in [0.15, 0.2) is 47.1 Å². The summed E-state index contributed by atoms with van der Waals surface area (Å²) in [6.07, 6.45) is 4.03. The van der Waals surface area contributed by atoms with Gasteiger partial charge in [-0.2, -0.15) is 0 Å². The molecule has 2 heterocycles. The first-order valence-electron chi connectivity index (χ1n) is 7.60. The number of carbonyl (C=O) groups excluding carboxylic acids is 1. The van der Waals surface area contributed by atoms with Crippen molar-refractivity contribution in [2.24, 2.45) is 0 Å². The minimum absolute atomic E-state index is 0.185. The zero-order chi connectivity index (χ0) is 16.1. The average Bonchev–Trinajstić information content (AvgIpc) is 3.09. The molecule has 1 atom stereocenters. The van der Waals surface area contributed by atoms with Crippen LogP contribution in [0.3, 0.4) is 0 Å². The van der Waals surface area contributed by atoms with Crippen LogP contribution in [0, 0.1) is 0 Å². The molecule has 1 saturated heterocycles. The molecule has 1 aliphatic heterocycles. The number of nitrogens with zero attached hydrogens (tertiary/aromatic N) is 1. The number of ether oxygens (including phenoxy) is 1. The van der Waals surface area contributed by atoms with Gasteiger partial charge in [0.2, 0.25) is 0 Å². The van der Waals surface area contributed by atoms with Gasteiger partial charge in [-0.1, -0.05) is 12.1 Å². The Morgan fingerprint density at radius 1 is 1.30 bits per heavy atom. The molecule has 0 saturated carbocycles. The molecule has 0 radical (unpaired) electrons. The Kier molecular flexibility index (Phi) is 5.25. The monoisotopic (exact) mass is 375 g/mol. The van der Waals surface area contributed by atoms with Gasteiger partial charge in [-0.15, -0.1) is 0 Å². The number of rotatable bonds is 5. The molecule has 1 aromatic carbocycles. The molecule has 0 bridgehead atoms. The van der Waals surface area contributed by atoms with E-state index in [2.05, 4.69) is 31.5 Å². The van der Waals surface area contributed by atoms with Gasteiger partial charge in [0.05, 0.1) is 17.4 Å². The number of carbonyl (C=O) groups is 1. The lowest BCUT2D eigenvalue weighted by atomic mass is 10.2. The van der Waals surface area contributed by atoms with Crippen molar-refractivity contribution in [2.75, 3.05) is 23.8 Å². The highest BCUT2D eigenvalue weighted by molar-refractivity contribution is 9.10. The molecule has 0 spiro atoms. The molecule has 2 N–H and O–H groups in total. The third-order valence-electron chi connectivity index (χ3n) is 3.68. The number of para-hydroxylation sites is 1. The Balaban J connectivity index is 1.57. The third kappa shape index (κ3) is 4.30. The lowest BCUT2D eigenvalue weighted by Crippen LogP contribution is -2.19. The van der Waals surface area contributed by atoms with Crippen molar-refractivity contribution >= 4 is 33.3 Å². The van der Waals surface area contributed by atoms with Crippen LogP contribution >= 0.6 is 15.9 Å². The minimum atomic E-state index is -0.185. The number of nitrogens with one attached hydrogen (secondary N) is 2. The van der Waals surface area contributed by atoms with Crippen molar-refractivity contribution in [1.29, 1.82) is 0 Å². The molecular weight excluding hydrogens is 358 g/mol. The molecule has 1 fully saturated rings. The third-order valence-corrected chi connectivity index (χ3v) is 4.37. The second kappa shape index (κ2) is 7.57. The molecule has 0 aliphatic carbocycles. The maximum atomic E-state index is 12.2. The van der Waals surface area contributed by atoms with Crippen molar-refractivity contribution in [1.82, 2.24) is 4.98 Å². The van der Waals surface area contributed by atoms with Crippen molar-refractivity contribution in [3.63, 3.8) is 0 Å². The van der Waals surface area contributed by atoms with Crippen molar-refractivity contribution in [2.45, 2.75) is 18.9 Å². The average molecular weight is 376 g/mol. The fraction of sp³-hybridized carbons (Fsp3) is 0.294. The minimum Gasteiger partial charge on any atom is -0.376 e. The first-order chi connectivity index (χ1) is 11.2. The highest BCUT2D eigenvalue weighted by atomic mass is 79.9. The fourth-order valence-electron chi connectivity index (χ4n) is 2.41. The SMILES string of the molecule is O=C(Nc1ccccc1Br)c1ccc(NCC2CCCO2)nc1. The van der Waals surface area contributed by atoms with Gasteiger partial charge in [0.15, 0.2) is 0 Å². The van der Waals surface area contributed by atoms with E-state index in [9.17, 15) is 4.79 Å². The standard InChI is InChI=1S/C17H18BrN3O2/c18-14-5-1-2-6-15(14)21-17(22)12-7-8-16(19-10-12)20-11-13-4-3-9-23-13/h1-2,5-8,10,13H,3-4,9,11H2,(H,19,20)(H,21,22). The van der Waals surface area contributed by atoms with E-state index in [-0.39, 0.29) is 12.0 Å². The number of hydrogen-bond acceptors (Lipinski definition) is 4.